The average molecular weight is 370 g/mol. The summed E-state index contributed by atoms with van der Waals surface area (Å²) in [7, 11) is 0. The molecule has 0 spiro atoms. The predicted molar refractivity (Wildman–Crippen MR) is 76.2 cm³/mol. The second-order valence-corrected chi connectivity index (χ2v) is 5.20. The van der Waals surface area contributed by atoms with Gasteiger partial charge in [0.1, 0.15) is 17.4 Å². The molecule has 0 aliphatic rings. The molecule has 2 rings (SSSR count). The van der Waals surface area contributed by atoms with Gasteiger partial charge in [-0.15, -0.1) is 0 Å². The summed E-state index contributed by atoms with van der Waals surface area (Å²) in [5, 5.41) is 12.0. The average Bonchev–Trinajstić information content (AvgIpc) is 2.34. The van der Waals surface area contributed by atoms with E-state index < -0.39 is 5.82 Å². The molecule has 90 valence electrons. The van der Waals surface area contributed by atoms with Crippen molar-refractivity contribution in [2.24, 2.45) is 0 Å². The van der Waals surface area contributed by atoms with Gasteiger partial charge < -0.3 is 5.32 Å². The Hall–Kier alpha value is -1.38. The van der Waals surface area contributed by atoms with Gasteiger partial charge in [-0.05, 0) is 56.1 Å². The van der Waals surface area contributed by atoms with Crippen molar-refractivity contribution in [3.63, 3.8) is 0 Å². The molecule has 1 N–H and O–H groups in total. The van der Waals surface area contributed by atoms with Crippen molar-refractivity contribution in [3.05, 3.63) is 56.7 Å². The molecule has 2 aromatic carbocycles. The summed E-state index contributed by atoms with van der Waals surface area (Å²) in [5.41, 5.74) is 1.19. The van der Waals surface area contributed by atoms with Crippen LogP contribution in [0.15, 0.2) is 45.3 Å². The molecule has 2 nitrogen and oxygen atoms in total. The SMILES string of the molecule is N#Cc1c(F)cccc1Nc1c(Br)cccc1Br. The second kappa shape index (κ2) is 5.51. The monoisotopic (exact) mass is 368 g/mol. The van der Waals surface area contributed by atoms with E-state index in [1.165, 1.54) is 6.07 Å². The fourth-order valence-corrected chi connectivity index (χ4v) is 2.69. The first-order chi connectivity index (χ1) is 8.63. The maximum absolute atomic E-state index is 13.5. The normalized spacial score (nSPS) is 9.89. The topological polar surface area (TPSA) is 35.8 Å². The Kier molecular flexibility index (Phi) is 4.00. The zero-order valence-electron chi connectivity index (χ0n) is 9.05. The smallest absolute Gasteiger partial charge is 0.143 e. The van der Waals surface area contributed by atoms with Gasteiger partial charge >= 0.3 is 0 Å². The number of anilines is 2. The highest BCUT2D eigenvalue weighted by atomic mass is 79.9. The molecule has 0 saturated carbocycles. The number of halogens is 3. The van der Waals surface area contributed by atoms with E-state index in [0.29, 0.717) is 5.69 Å². The van der Waals surface area contributed by atoms with Crippen molar-refractivity contribution >= 4 is 43.2 Å². The molecule has 0 saturated heterocycles. The Balaban J connectivity index is 2.48. The minimum absolute atomic E-state index is 0.000142. The number of hydrogen-bond acceptors (Lipinski definition) is 2. The molecule has 5 heteroatoms. The van der Waals surface area contributed by atoms with Gasteiger partial charge in [0.25, 0.3) is 0 Å². The van der Waals surface area contributed by atoms with Crippen LogP contribution in [0.2, 0.25) is 0 Å². The van der Waals surface area contributed by atoms with E-state index >= 15 is 0 Å². The molecule has 0 aliphatic heterocycles. The summed E-state index contributed by atoms with van der Waals surface area (Å²) in [6, 6.07) is 11.9. The molecule has 0 amide bonds. The number of hydrogen-bond donors (Lipinski definition) is 1. The van der Waals surface area contributed by atoms with E-state index in [0.717, 1.165) is 14.6 Å². The Morgan fingerprint density at radius 3 is 2.28 bits per heavy atom. The fourth-order valence-electron chi connectivity index (χ4n) is 1.49. The van der Waals surface area contributed by atoms with E-state index in [2.05, 4.69) is 37.2 Å². The van der Waals surface area contributed by atoms with Crippen LogP contribution in [-0.4, -0.2) is 0 Å². The fraction of sp³-hybridized carbons (Fsp3) is 0. The lowest BCUT2D eigenvalue weighted by atomic mass is 10.1. The van der Waals surface area contributed by atoms with Crippen LogP contribution in [0.5, 0.6) is 0 Å². The predicted octanol–water partition coefficient (Wildman–Crippen LogP) is 4.97. The second-order valence-electron chi connectivity index (χ2n) is 3.50. The largest absolute Gasteiger partial charge is 0.353 e. The first-order valence-corrected chi connectivity index (χ1v) is 6.61. The number of nitrogens with one attached hydrogen (secondary N) is 1. The highest BCUT2D eigenvalue weighted by Crippen LogP contribution is 2.34. The van der Waals surface area contributed by atoms with Crippen LogP contribution in [-0.2, 0) is 0 Å². The molecule has 0 radical (unpaired) electrons. The molecular formula is C13H7Br2FN2. The summed E-state index contributed by atoms with van der Waals surface area (Å²) in [6.45, 7) is 0. The lowest BCUT2D eigenvalue weighted by molar-refractivity contribution is 0.624. The van der Waals surface area contributed by atoms with Crippen LogP contribution in [0.1, 0.15) is 5.56 Å². The molecule has 0 aliphatic carbocycles. The first-order valence-electron chi connectivity index (χ1n) is 5.03. The van der Waals surface area contributed by atoms with Crippen molar-refractivity contribution in [2.45, 2.75) is 0 Å². The highest BCUT2D eigenvalue weighted by molar-refractivity contribution is 9.11. The Morgan fingerprint density at radius 2 is 1.67 bits per heavy atom. The van der Waals surface area contributed by atoms with Crippen molar-refractivity contribution in [1.82, 2.24) is 0 Å². The lowest BCUT2D eigenvalue weighted by Crippen LogP contribution is -1.97. The lowest BCUT2D eigenvalue weighted by Gasteiger charge is -2.12. The summed E-state index contributed by atoms with van der Waals surface area (Å²) < 4.78 is 15.1. The molecular weight excluding hydrogens is 363 g/mol. The molecule has 0 atom stereocenters. The first kappa shape index (κ1) is 13.1. The van der Waals surface area contributed by atoms with Gasteiger partial charge in [-0.25, -0.2) is 4.39 Å². The molecule has 2 aromatic rings. The van der Waals surface area contributed by atoms with Crippen LogP contribution in [0.25, 0.3) is 0 Å². The summed E-state index contributed by atoms with van der Waals surface area (Å²) >= 11 is 6.80. The molecule has 0 aromatic heterocycles. The van der Waals surface area contributed by atoms with Crippen LogP contribution in [0, 0.1) is 17.1 Å². The van der Waals surface area contributed by atoms with Gasteiger partial charge in [-0.1, -0.05) is 12.1 Å². The summed E-state index contributed by atoms with van der Waals surface area (Å²) in [6.07, 6.45) is 0. The maximum atomic E-state index is 13.5. The molecule has 0 fully saturated rings. The number of nitriles is 1. The zero-order chi connectivity index (χ0) is 13.1. The Morgan fingerprint density at radius 1 is 1.06 bits per heavy atom. The number of para-hydroxylation sites is 1. The summed E-state index contributed by atoms with van der Waals surface area (Å²) in [4.78, 5) is 0. The van der Waals surface area contributed by atoms with Gasteiger partial charge in [0.05, 0.1) is 11.4 Å². The molecule has 18 heavy (non-hydrogen) atoms. The van der Waals surface area contributed by atoms with E-state index in [9.17, 15) is 4.39 Å². The van der Waals surface area contributed by atoms with Gasteiger partial charge in [-0.2, -0.15) is 5.26 Å². The van der Waals surface area contributed by atoms with Gasteiger partial charge in [0, 0.05) is 8.95 Å². The third-order valence-electron chi connectivity index (χ3n) is 2.35. The Labute approximate surface area is 121 Å². The van der Waals surface area contributed by atoms with E-state index in [1.807, 2.05) is 24.3 Å². The van der Waals surface area contributed by atoms with Crippen LogP contribution >= 0.6 is 31.9 Å². The highest BCUT2D eigenvalue weighted by Gasteiger charge is 2.10. The van der Waals surface area contributed by atoms with Crippen LogP contribution in [0.4, 0.5) is 15.8 Å². The standard InChI is InChI=1S/C13H7Br2FN2/c14-9-3-1-4-10(15)13(9)18-12-6-2-5-11(16)8(12)7-17/h1-6,18H. The van der Waals surface area contributed by atoms with E-state index in [1.54, 1.807) is 12.1 Å². The van der Waals surface area contributed by atoms with Gasteiger partial charge in [0.15, 0.2) is 0 Å². The zero-order valence-corrected chi connectivity index (χ0v) is 12.2. The summed E-state index contributed by atoms with van der Waals surface area (Å²) in [5.74, 6) is -0.536. The minimum Gasteiger partial charge on any atom is -0.353 e. The van der Waals surface area contributed by atoms with Crippen molar-refractivity contribution in [2.75, 3.05) is 5.32 Å². The number of nitrogens with zero attached hydrogens (tertiary/aromatic N) is 1. The van der Waals surface area contributed by atoms with Gasteiger partial charge in [0.2, 0.25) is 0 Å². The van der Waals surface area contributed by atoms with Gasteiger partial charge in [-0.3, -0.25) is 0 Å². The van der Waals surface area contributed by atoms with Crippen molar-refractivity contribution in [1.29, 1.82) is 5.26 Å². The molecule has 0 heterocycles. The number of benzene rings is 2. The maximum Gasteiger partial charge on any atom is 0.143 e. The Bertz CT molecular complexity index is 615. The van der Waals surface area contributed by atoms with Crippen LogP contribution in [0.3, 0.4) is 0 Å². The quantitative estimate of drug-likeness (QED) is 0.811. The third kappa shape index (κ3) is 2.55. The van der Waals surface area contributed by atoms with Crippen molar-refractivity contribution in [3.8, 4) is 6.07 Å². The molecule has 0 unspecified atom stereocenters. The van der Waals surface area contributed by atoms with Crippen molar-refractivity contribution < 1.29 is 4.39 Å². The van der Waals surface area contributed by atoms with E-state index in [-0.39, 0.29) is 5.56 Å². The number of rotatable bonds is 2. The minimum atomic E-state index is -0.536. The third-order valence-corrected chi connectivity index (χ3v) is 3.67. The molecule has 0 bridgehead atoms. The van der Waals surface area contributed by atoms with E-state index in [4.69, 9.17) is 5.26 Å². The van der Waals surface area contributed by atoms with Crippen LogP contribution < -0.4 is 5.32 Å².